The molecule has 21 heteroatoms. The molecule has 0 saturated carbocycles. The van der Waals surface area contributed by atoms with Gasteiger partial charge >= 0.3 is 12.4 Å². The molecule has 4 heterocycles. The maximum Gasteiger partial charge on any atom is 0.436 e. The van der Waals surface area contributed by atoms with Crippen LogP contribution in [0.1, 0.15) is 22.8 Å². The molecular weight excluding hydrogens is 892 g/mol. The molecule has 0 aliphatic carbocycles. The van der Waals surface area contributed by atoms with Crippen LogP contribution in [0.25, 0.3) is 0 Å². The second-order valence-electron chi connectivity index (χ2n) is 14.0. The van der Waals surface area contributed by atoms with Crippen molar-refractivity contribution < 1.29 is 31.1 Å². The Labute approximate surface area is 360 Å². The number of rotatable bonds is 12. The van der Waals surface area contributed by atoms with Gasteiger partial charge in [-0.05, 0) is 62.8 Å². The van der Waals surface area contributed by atoms with Crippen molar-refractivity contribution in [3.05, 3.63) is 79.3 Å². The van der Waals surface area contributed by atoms with Crippen molar-refractivity contribution in [2.24, 2.45) is 0 Å². The Morgan fingerprint density at radius 2 is 0.983 bits per heavy atom. The fourth-order valence-corrected chi connectivity index (χ4v) is 9.55. The lowest BCUT2D eigenvalue weighted by molar-refractivity contribution is -0.142. The van der Waals surface area contributed by atoms with E-state index in [1.165, 1.54) is 37.4 Å². The number of thioether (sulfide) groups is 2. The second kappa shape index (κ2) is 18.2. The van der Waals surface area contributed by atoms with Crippen LogP contribution >= 0.6 is 69.9 Å². The van der Waals surface area contributed by atoms with E-state index in [2.05, 4.69) is 20.0 Å². The molecule has 2 atom stereocenters. The minimum Gasteiger partial charge on any atom is -0.369 e. The summed E-state index contributed by atoms with van der Waals surface area (Å²) < 4.78 is 86.1. The molecule has 0 bridgehead atoms. The van der Waals surface area contributed by atoms with Gasteiger partial charge in [-0.15, -0.1) is 23.5 Å². The monoisotopic (exact) mass is 930 g/mol. The number of benzene rings is 2. The number of halogens is 10. The Morgan fingerprint density at radius 3 is 1.28 bits per heavy atom. The molecule has 2 fully saturated rings. The van der Waals surface area contributed by atoms with E-state index in [9.17, 15) is 26.3 Å². The SMILES string of the molecule is CSc1cc(N2CCN(C(Cn3nc(C(F)(F)F)c(Cl)c3C)C(=O)C(Cn3nc(C(F)(F)F)c(Cl)c3C)N3CCN(c4ccc(Cl)c(SC)c4)CC3)CC2)ccc1Cl. The summed E-state index contributed by atoms with van der Waals surface area (Å²) in [6, 6.07) is 9.29. The van der Waals surface area contributed by atoms with Crippen molar-refractivity contribution in [2.45, 2.75) is 61.2 Å². The van der Waals surface area contributed by atoms with Crippen LogP contribution in [0.2, 0.25) is 20.1 Å². The molecule has 58 heavy (non-hydrogen) atoms. The van der Waals surface area contributed by atoms with E-state index in [1.807, 2.05) is 58.7 Å². The third-order valence-corrected chi connectivity index (χ3v) is 14.0. The first-order valence-corrected chi connectivity index (χ1v) is 22.1. The average molecular weight is 933 g/mol. The highest BCUT2D eigenvalue weighted by molar-refractivity contribution is 7.99. The molecule has 0 N–H and O–H groups in total. The number of ketones is 1. The fraction of sp³-hybridized carbons (Fsp3) is 0.486. The van der Waals surface area contributed by atoms with Crippen molar-refractivity contribution in [1.29, 1.82) is 0 Å². The van der Waals surface area contributed by atoms with Crippen LogP contribution in [0, 0.1) is 13.8 Å². The van der Waals surface area contributed by atoms with Crippen molar-refractivity contribution in [1.82, 2.24) is 29.4 Å². The number of nitrogens with zero attached hydrogens (tertiary/aromatic N) is 8. The van der Waals surface area contributed by atoms with E-state index in [4.69, 9.17) is 46.4 Å². The third-order valence-electron chi connectivity index (χ3n) is 10.7. The Hall–Kier alpha value is -2.51. The lowest BCUT2D eigenvalue weighted by Crippen LogP contribution is -2.61. The maximum absolute atomic E-state index is 15.3. The zero-order valence-corrected chi connectivity index (χ0v) is 36.4. The van der Waals surface area contributed by atoms with Gasteiger partial charge in [0.2, 0.25) is 0 Å². The standard InChI is InChI=1S/C37H40Cl4F6N8OS2/c1-21-31(40)34(36(42,43)44)48-54(21)19-27(52-13-9-50(10-14-52)23-5-7-25(38)29(17-23)57-3)33(56)28(20-55-22(2)32(41)35(49-55)37(45,46)47)53-15-11-51(12-16-53)24-6-8-26(39)30(18-24)58-4/h5-8,17-18,27-28H,9-16,19-20H2,1-4H3. The quantitative estimate of drug-likeness (QED) is 0.102. The van der Waals surface area contributed by atoms with Crippen LogP contribution in [0.15, 0.2) is 46.2 Å². The van der Waals surface area contributed by atoms with Gasteiger partial charge in [0.05, 0.1) is 56.7 Å². The molecule has 2 aromatic heterocycles. The van der Waals surface area contributed by atoms with Crippen molar-refractivity contribution in [3.63, 3.8) is 0 Å². The highest BCUT2D eigenvalue weighted by Gasteiger charge is 2.43. The molecule has 0 amide bonds. The first kappa shape index (κ1) is 45.0. The number of anilines is 2. The summed E-state index contributed by atoms with van der Waals surface area (Å²) in [5, 5.41) is 7.75. The van der Waals surface area contributed by atoms with E-state index in [-0.39, 0.29) is 24.5 Å². The van der Waals surface area contributed by atoms with Gasteiger partial charge in [0, 0.05) is 73.5 Å². The zero-order valence-electron chi connectivity index (χ0n) is 31.8. The van der Waals surface area contributed by atoms with Gasteiger partial charge in [-0.2, -0.15) is 36.5 Å². The molecule has 316 valence electrons. The Bertz CT molecular complexity index is 1970. The summed E-state index contributed by atoms with van der Waals surface area (Å²) in [6.07, 6.45) is -5.85. The number of Topliss-reactive ketones (excluding diaryl/α,β-unsaturated/α-hetero) is 1. The van der Waals surface area contributed by atoms with E-state index in [0.29, 0.717) is 62.4 Å². The lowest BCUT2D eigenvalue weighted by atomic mass is 9.99. The van der Waals surface area contributed by atoms with Gasteiger partial charge in [-0.1, -0.05) is 46.4 Å². The van der Waals surface area contributed by atoms with Crippen LogP contribution in [0.5, 0.6) is 0 Å². The summed E-state index contributed by atoms with van der Waals surface area (Å²) in [6.45, 7) is 5.46. The van der Waals surface area contributed by atoms with Crippen molar-refractivity contribution in [2.75, 3.05) is 74.7 Å². The van der Waals surface area contributed by atoms with Crippen LogP contribution in [0.3, 0.4) is 0 Å². The molecule has 2 aliphatic heterocycles. The van der Waals surface area contributed by atoms with Gasteiger partial charge in [0.15, 0.2) is 17.2 Å². The van der Waals surface area contributed by atoms with E-state index >= 15 is 4.79 Å². The molecule has 2 aromatic carbocycles. The van der Waals surface area contributed by atoms with Crippen molar-refractivity contribution >= 4 is 87.1 Å². The second-order valence-corrected chi connectivity index (χ2v) is 17.2. The number of aromatic nitrogens is 4. The van der Waals surface area contributed by atoms with Crippen molar-refractivity contribution in [3.8, 4) is 0 Å². The van der Waals surface area contributed by atoms with Gasteiger partial charge in [0.1, 0.15) is 0 Å². The van der Waals surface area contributed by atoms with Crippen LogP contribution in [-0.4, -0.2) is 112 Å². The van der Waals surface area contributed by atoms with Gasteiger partial charge in [-0.3, -0.25) is 24.0 Å². The van der Waals surface area contributed by atoms with E-state index in [0.717, 1.165) is 30.5 Å². The summed E-state index contributed by atoms with van der Waals surface area (Å²) >= 11 is 28.1. The minimum absolute atomic E-state index is 0.0263. The number of carbonyl (C=O) groups excluding carboxylic acids is 1. The summed E-state index contributed by atoms with van der Waals surface area (Å²) in [5.74, 6) is -0.409. The first-order chi connectivity index (χ1) is 27.3. The molecule has 6 rings (SSSR count). The predicted octanol–water partition coefficient (Wildman–Crippen LogP) is 9.44. The Balaban J connectivity index is 1.35. The Morgan fingerprint density at radius 1 is 0.638 bits per heavy atom. The third kappa shape index (κ3) is 9.66. The van der Waals surface area contributed by atoms with Gasteiger partial charge < -0.3 is 9.80 Å². The van der Waals surface area contributed by atoms with Crippen LogP contribution in [0.4, 0.5) is 37.7 Å². The molecule has 9 nitrogen and oxygen atoms in total. The van der Waals surface area contributed by atoms with E-state index in [1.54, 1.807) is 0 Å². The minimum atomic E-state index is -4.84. The molecule has 4 aromatic rings. The van der Waals surface area contributed by atoms with E-state index < -0.39 is 51.7 Å². The normalized spacial score (nSPS) is 17.3. The average Bonchev–Trinajstić information content (AvgIpc) is 3.65. The van der Waals surface area contributed by atoms with Crippen LogP contribution in [-0.2, 0) is 30.2 Å². The number of carbonyl (C=O) groups is 1. The number of alkyl halides is 6. The molecule has 0 radical (unpaired) electrons. The Kier molecular flexibility index (Phi) is 14.1. The first-order valence-electron chi connectivity index (χ1n) is 18.1. The summed E-state index contributed by atoms with van der Waals surface area (Å²) in [4.78, 5) is 25.1. The maximum atomic E-state index is 15.3. The number of piperazine rings is 2. The highest BCUT2D eigenvalue weighted by Crippen LogP contribution is 2.38. The lowest BCUT2D eigenvalue weighted by Gasteiger charge is -2.43. The molecule has 0 spiro atoms. The molecule has 2 saturated heterocycles. The predicted molar refractivity (Wildman–Crippen MR) is 221 cm³/mol. The number of hydrogen-bond donors (Lipinski definition) is 0. The highest BCUT2D eigenvalue weighted by atomic mass is 35.5. The largest absolute Gasteiger partial charge is 0.436 e. The molecule has 2 aliphatic rings. The summed E-state index contributed by atoms with van der Waals surface area (Å²) in [7, 11) is 0. The van der Waals surface area contributed by atoms with Gasteiger partial charge in [0.25, 0.3) is 0 Å². The molecule has 2 unspecified atom stereocenters. The smallest absolute Gasteiger partial charge is 0.369 e. The topological polar surface area (TPSA) is 65.7 Å². The number of hydrogen-bond acceptors (Lipinski definition) is 9. The zero-order chi connectivity index (χ0) is 42.3. The molecular formula is C37H40Cl4F6N8OS2. The fourth-order valence-electron chi connectivity index (χ4n) is 7.36. The van der Waals surface area contributed by atoms with Gasteiger partial charge in [-0.25, -0.2) is 0 Å². The summed E-state index contributed by atoms with van der Waals surface area (Å²) in [5.41, 5.74) is -0.634. The van der Waals surface area contributed by atoms with Crippen LogP contribution < -0.4 is 9.80 Å².